The minimum absolute atomic E-state index is 0.00373. The maximum absolute atomic E-state index is 12.5. The van der Waals surface area contributed by atoms with Gasteiger partial charge in [-0.25, -0.2) is 4.79 Å². The molecule has 1 aromatic carbocycles. The Kier molecular flexibility index (Phi) is 8.05. The van der Waals surface area contributed by atoms with Crippen molar-refractivity contribution >= 4 is 23.6 Å². The van der Waals surface area contributed by atoms with E-state index in [0.717, 1.165) is 12.1 Å². The molecule has 1 heterocycles. The van der Waals surface area contributed by atoms with Crippen LogP contribution in [0.4, 0.5) is 10.5 Å². The van der Waals surface area contributed by atoms with E-state index in [1.54, 1.807) is 21.7 Å². The summed E-state index contributed by atoms with van der Waals surface area (Å²) in [6.07, 6.45) is 1.57. The van der Waals surface area contributed by atoms with E-state index in [1.165, 1.54) is 0 Å². The highest BCUT2D eigenvalue weighted by atomic mass is 16.6. The highest BCUT2D eigenvalue weighted by Gasteiger charge is 2.25. The quantitative estimate of drug-likeness (QED) is 0.756. The molecular formula is C22H33N3O4. The van der Waals surface area contributed by atoms with Gasteiger partial charge >= 0.3 is 6.09 Å². The lowest BCUT2D eigenvalue weighted by Crippen LogP contribution is -2.40. The highest BCUT2D eigenvalue weighted by molar-refractivity contribution is 5.93. The molecule has 0 spiro atoms. The second-order valence-corrected chi connectivity index (χ2v) is 8.34. The van der Waals surface area contributed by atoms with E-state index in [0.29, 0.717) is 45.4 Å². The molecule has 0 aromatic heterocycles. The maximum atomic E-state index is 12.5. The minimum Gasteiger partial charge on any atom is -0.444 e. The summed E-state index contributed by atoms with van der Waals surface area (Å²) in [5.74, 6) is 0.0298. The third kappa shape index (κ3) is 7.40. The highest BCUT2D eigenvalue weighted by Crippen LogP contribution is 2.15. The molecule has 1 aliphatic rings. The summed E-state index contributed by atoms with van der Waals surface area (Å²) in [5.41, 5.74) is 0.316. The molecule has 0 saturated carbocycles. The number of para-hydroxylation sites is 1. The fourth-order valence-electron chi connectivity index (χ4n) is 3.19. The minimum atomic E-state index is -0.529. The van der Waals surface area contributed by atoms with Gasteiger partial charge in [-0.15, -0.1) is 0 Å². The lowest BCUT2D eigenvalue weighted by Gasteiger charge is -2.26. The molecule has 2 rings (SSSR count). The van der Waals surface area contributed by atoms with E-state index >= 15 is 0 Å². The fraction of sp³-hybridized carbons (Fsp3) is 0.591. The third-order valence-electron chi connectivity index (χ3n) is 4.80. The van der Waals surface area contributed by atoms with Gasteiger partial charge in [0.1, 0.15) is 5.60 Å². The molecule has 0 unspecified atom stereocenters. The summed E-state index contributed by atoms with van der Waals surface area (Å²) in [6.45, 7) is 7.69. The van der Waals surface area contributed by atoms with E-state index in [4.69, 9.17) is 4.74 Å². The third-order valence-corrected chi connectivity index (χ3v) is 4.80. The molecule has 3 amide bonds. The van der Waals surface area contributed by atoms with E-state index in [-0.39, 0.29) is 17.9 Å². The molecule has 1 aliphatic heterocycles. The Balaban J connectivity index is 1.75. The topological polar surface area (TPSA) is 70.2 Å². The van der Waals surface area contributed by atoms with Crippen molar-refractivity contribution < 1.29 is 19.1 Å². The van der Waals surface area contributed by atoms with Crippen LogP contribution in [0.2, 0.25) is 0 Å². The van der Waals surface area contributed by atoms with E-state index in [9.17, 15) is 14.4 Å². The van der Waals surface area contributed by atoms with Crippen LogP contribution in [0.25, 0.3) is 0 Å². The Morgan fingerprint density at radius 3 is 2.24 bits per heavy atom. The first kappa shape index (κ1) is 22.7. The number of ether oxygens (including phenoxy) is 1. The number of anilines is 1. The van der Waals surface area contributed by atoms with Crippen molar-refractivity contribution in [3.05, 3.63) is 30.3 Å². The number of amides is 3. The molecule has 160 valence electrons. The van der Waals surface area contributed by atoms with Crippen LogP contribution in [0.5, 0.6) is 0 Å². The van der Waals surface area contributed by atoms with Gasteiger partial charge in [0.25, 0.3) is 0 Å². The van der Waals surface area contributed by atoms with Gasteiger partial charge in [-0.1, -0.05) is 18.2 Å². The predicted octanol–water partition coefficient (Wildman–Crippen LogP) is 3.29. The van der Waals surface area contributed by atoms with Crippen molar-refractivity contribution in [2.24, 2.45) is 0 Å². The second-order valence-electron chi connectivity index (χ2n) is 8.34. The summed E-state index contributed by atoms with van der Waals surface area (Å²) >= 11 is 0. The van der Waals surface area contributed by atoms with Crippen LogP contribution in [0, 0.1) is 0 Å². The summed E-state index contributed by atoms with van der Waals surface area (Å²) in [4.78, 5) is 42.2. The average molecular weight is 404 g/mol. The molecule has 0 radical (unpaired) electrons. The molecule has 29 heavy (non-hydrogen) atoms. The first-order valence-electron chi connectivity index (χ1n) is 10.2. The van der Waals surface area contributed by atoms with E-state index in [1.807, 2.05) is 51.1 Å². The molecule has 7 heteroatoms. The van der Waals surface area contributed by atoms with Crippen LogP contribution in [-0.4, -0.2) is 66.5 Å². The average Bonchev–Trinajstić information content (AvgIpc) is 2.93. The lowest BCUT2D eigenvalue weighted by atomic mass is 10.2. The predicted molar refractivity (Wildman–Crippen MR) is 113 cm³/mol. The normalized spacial score (nSPS) is 14.9. The van der Waals surface area contributed by atoms with E-state index in [2.05, 4.69) is 0 Å². The molecule has 0 bridgehead atoms. The first-order chi connectivity index (χ1) is 13.7. The molecule has 1 aromatic rings. The summed E-state index contributed by atoms with van der Waals surface area (Å²) in [6, 6.07) is 9.46. The number of hydrogen-bond acceptors (Lipinski definition) is 4. The largest absolute Gasteiger partial charge is 0.444 e. The van der Waals surface area contributed by atoms with Gasteiger partial charge in [-0.3, -0.25) is 9.59 Å². The maximum Gasteiger partial charge on any atom is 0.410 e. The Hall–Kier alpha value is -2.57. The lowest BCUT2D eigenvalue weighted by molar-refractivity contribution is -0.131. The van der Waals surface area contributed by atoms with Crippen molar-refractivity contribution in [3.63, 3.8) is 0 Å². The van der Waals surface area contributed by atoms with Crippen LogP contribution in [0.15, 0.2) is 30.3 Å². The summed E-state index contributed by atoms with van der Waals surface area (Å²) in [7, 11) is 1.75. The van der Waals surface area contributed by atoms with Crippen LogP contribution in [0.3, 0.4) is 0 Å². The molecule has 1 saturated heterocycles. The number of carbonyl (C=O) groups is 3. The van der Waals surface area contributed by atoms with Gasteiger partial charge in [-0.05, 0) is 45.7 Å². The van der Waals surface area contributed by atoms with Crippen LogP contribution in [-0.2, 0) is 14.3 Å². The standard InChI is InChI=1S/C22H33N3O4/c1-22(2,3)29-21(28)25-15-9-14-24(16-17-25)20(27)13-8-12-19(26)23(4)18-10-6-5-7-11-18/h5-7,10-11H,8-9,12-17H2,1-4H3. The molecule has 7 nitrogen and oxygen atoms in total. The van der Waals surface area contributed by atoms with Crippen molar-refractivity contribution in [3.8, 4) is 0 Å². The number of hydrogen-bond donors (Lipinski definition) is 0. The van der Waals surface area contributed by atoms with Gasteiger partial charge in [0.05, 0.1) is 0 Å². The number of benzene rings is 1. The van der Waals surface area contributed by atoms with Crippen molar-refractivity contribution in [2.75, 3.05) is 38.1 Å². The number of carbonyl (C=O) groups excluding carboxylic acids is 3. The fourth-order valence-corrected chi connectivity index (χ4v) is 3.19. The van der Waals surface area contributed by atoms with Gasteiger partial charge in [-0.2, -0.15) is 0 Å². The Morgan fingerprint density at radius 2 is 1.59 bits per heavy atom. The van der Waals surface area contributed by atoms with Crippen molar-refractivity contribution in [1.29, 1.82) is 0 Å². The van der Waals surface area contributed by atoms with E-state index < -0.39 is 5.60 Å². The second kappa shape index (κ2) is 10.3. The zero-order valence-electron chi connectivity index (χ0n) is 18.0. The molecular weight excluding hydrogens is 370 g/mol. The zero-order chi connectivity index (χ0) is 21.4. The SMILES string of the molecule is CN(C(=O)CCCC(=O)N1CCCN(C(=O)OC(C)(C)C)CC1)c1ccccc1. The van der Waals surface area contributed by atoms with Crippen molar-refractivity contribution in [1.82, 2.24) is 9.80 Å². The molecule has 1 fully saturated rings. The van der Waals surface area contributed by atoms with Gasteiger partial charge in [0, 0.05) is 51.8 Å². The number of nitrogens with zero attached hydrogens (tertiary/aromatic N) is 3. The summed E-state index contributed by atoms with van der Waals surface area (Å²) in [5, 5.41) is 0. The van der Waals surface area contributed by atoms with Crippen LogP contribution >= 0.6 is 0 Å². The smallest absolute Gasteiger partial charge is 0.410 e. The monoisotopic (exact) mass is 403 g/mol. The van der Waals surface area contributed by atoms with Crippen LogP contribution in [0.1, 0.15) is 46.5 Å². The first-order valence-corrected chi connectivity index (χ1v) is 10.2. The Labute approximate surface area is 173 Å². The Bertz CT molecular complexity index is 700. The van der Waals surface area contributed by atoms with Gasteiger partial charge in [0.2, 0.25) is 11.8 Å². The van der Waals surface area contributed by atoms with Crippen LogP contribution < -0.4 is 4.90 Å². The van der Waals surface area contributed by atoms with Gasteiger partial charge in [0.15, 0.2) is 0 Å². The number of rotatable bonds is 5. The molecule has 0 N–H and O–H groups in total. The van der Waals surface area contributed by atoms with Gasteiger partial charge < -0.3 is 19.4 Å². The Morgan fingerprint density at radius 1 is 0.966 bits per heavy atom. The zero-order valence-corrected chi connectivity index (χ0v) is 18.0. The molecule has 0 atom stereocenters. The molecule has 0 aliphatic carbocycles. The van der Waals surface area contributed by atoms with Crippen molar-refractivity contribution in [2.45, 2.75) is 52.1 Å². The summed E-state index contributed by atoms with van der Waals surface area (Å²) < 4.78 is 5.42.